The van der Waals surface area contributed by atoms with Crippen molar-refractivity contribution in [2.75, 3.05) is 90.0 Å². The third-order valence-electron chi connectivity index (χ3n) is 17.7. The van der Waals surface area contributed by atoms with Crippen LogP contribution in [0.4, 0.5) is 10.6 Å². The molecule has 5 amide bonds. The van der Waals surface area contributed by atoms with Crippen LogP contribution in [-0.4, -0.2) is 182 Å². The molecule has 0 aliphatic carbocycles. The molecule has 8 N–H and O–H groups in total. The molecule has 0 bridgehead atoms. The first-order valence-corrected chi connectivity index (χ1v) is 39.9. The van der Waals surface area contributed by atoms with Gasteiger partial charge < -0.3 is 56.2 Å². The number of ether oxygens (including phenoxy) is 2. The lowest BCUT2D eigenvalue weighted by Gasteiger charge is -2.39. The Hall–Kier alpha value is -4.07. The highest BCUT2D eigenvalue weighted by Gasteiger charge is 2.46. The number of hydrogen-bond acceptors (Lipinski definition) is 23. The molecule has 0 aromatic carbocycles. The molecule has 28 nitrogen and oxygen atoms in total. The second-order valence-corrected chi connectivity index (χ2v) is 30.9. The Morgan fingerprint density at radius 3 is 2.03 bits per heavy atom. The number of phosphoric acid groups is 2. The lowest BCUT2D eigenvalue weighted by Crippen LogP contribution is -2.42. The number of aliphatic hydroxyl groups is 1. The minimum Gasteiger partial charge on any atom is -0.412 e. The molecule has 2 radical (unpaired) electrons. The van der Waals surface area contributed by atoms with Gasteiger partial charge in [-0.15, -0.1) is 0 Å². The number of urea groups is 1. The number of aryl methyl sites for hydroxylation is 1. The summed E-state index contributed by atoms with van der Waals surface area (Å²) in [5, 5.41) is 45.0. The van der Waals surface area contributed by atoms with Gasteiger partial charge in [0.25, 0.3) is 0 Å². The van der Waals surface area contributed by atoms with Gasteiger partial charge >= 0.3 is 27.4 Å². The van der Waals surface area contributed by atoms with Crippen LogP contribution in [0.1, 0.15) is 195 Å². The van der Waals surface area contributed by atoms with Crippen LogP contribution in [0.15, 0.2) is 11.0 Å². The van der Waals surface area contributed by atoms with Crippen molar-refractivity contribution in [3.05, 3.63) is 22.2 Å². The Labute approximate surface area is 578 Å². The number of aliphatic hydroxyl groups excluding tert-OH is 1. The van der Waals surface area contributed by atoms with E-state index in [2.05, 4.69) is 81.9 Å². The summed E-state index contributed by atoms with van der Waals surface area (Å²) in [7, 11) is -8.64. The largest absolute Gasteiger partial charge is 0.475 e. The van der Waals surface area contributed by atoms with Gasteiger partial charge in [-0.3, -0.25) is 46.1 Å². The Morgan fingerprint density at radius 1 is 0.812 bits per heavy atom. The van der Waals surface area contributed by atoms with E-state index in [1.54, 1.807) is 13.1 Å². The molecule has 4 aliphatic heterocycles. The molecule has 0 spiro atoms. The minimum atomic E-state index is -4.66. The fourth-order valence-corrected chi connectivity index (χ4v) is 16.9. The molecule has 544 valence electrons. The van der Waals surface area contributed by atoms with E-state index in [0.29, 0.717) is 96.6 Å². The molecule has 96 heavy (non-hydrogen) atoms. The zero-order chi connectivity index (χ0) is 71.2. The van der Waals surface area contributed by atoms with Gasteiger partial charge in [0.1, 0.15) is 36.5 Å². The molecule has 1 aromatic rings. The summed E-state index contributed by atoms with van der Waals surface area (Å²) in [5.74, 6) is 2.22. The number of nitrogens with one attached hydrogen (secondary N) is 7. The van der Waals surface area contributed by atoms with Crippen LogP contribution >= 0.6 is 27.4 Å². The highest BCUT2D eigenvalue weighted by molar-refractivity contribution is 8.00. The maximum Gasteiger partial charge on any atom is 0.475 e. The monoisotopic (exact) mass is 1430 g/mol. The number of carbonyl (C=O) groups excluding carboxylic acids is 4. The van der Waals surface area contributed by atoms with Gasteiger partial charge in [-0.25, -0.2) is 18.7 Å². The molecule has 13 unspecified atom stereocenters. The number of amides is 5. The van der Waals surface area contributed by atoms with E-state index in [9.17, 15) is 43.6 Å². The minimum absolute atomic E-state index is 0.000518. The number of hydrogen-bond donors (Lipinski definition) is 8. The number of rotatable bonds is 55. The van der Waals surface area contributed by atoms with Gasteiger partial charge in [0, 0.05) is 87.6 Å². The number of thioether (sulfide) groups is 1. The maximum atomic E-state index is 14.5. The second-order valence-electron chi connectivity index (χ2n) is 25.3. The van der Waals surface area contributed by atoms with Gasteiger partial charge in [-0.1, -0.05) is 66.2 Å². The van der Waals surface area contributed by atoms with Crippen LogP contribution < -0.4 is 42.9 Å². The summed E-state index contributed by atoms with van der Waals surface area (Å²) >= 11 is 1.89. The normalized spacial score (nSPS) is 23.9. The molecule has 32 heteroatoms. The number of anilines is 1. The lowest BCUT2D eigenvalue weighted by atomic mass is 9.80. The van der Waals surface area contributed by atoms with Crippen LogP contribution in [0, 0.1) is 41.4 Å². The Bertz CT molecular complexity index is 2800. The van der Waals surface area contributed by atoms with Crippen molar-refractivity contribution in [1.82, 2.24) is 41.5 Å². The van der Waals surface area contributed by atoms with Crippen molar-refractivity contribution in [2.45, 2.75) is 249 Å². The standard InChI is InChI=1S/C64H111N11O17P2SSi/c1-7-49(5)64(6,47(2)3)92-96-41-23-32-67-31-22-39-87-93(82,85-37-20-29-65)90-51-28-40-84-54(51)45-88-94(83,86-38-21-30-66)91-52-42-59(89-53(52)44-76)75-43-48(4)61(74-63(75)81)71-36-17-9-8-16-33-68-56(77)25-12-10-18-34-69-57(78)26-13-11-19-35-70-58(79)27-15-14-24-55-60-50(46-95-55)72-62(80)73-60/h43,47,49-55,59-60,67,76H,7-28,31-42,44-46H2,1-6H3,(H,68,77)(H,69,78)(H,70,79)(H,71,74,81)(H2,72,73,80)/i40T,76T. The predicted molar refractivity (Wildman–Crippen MR) is 366 cm³/mol. The predicted octanol–water partition coefficient (Wildman–Crippen LogP) is 8.55. The molecule has 5 heterocycles. The summed E-state index contributed by atoms with van der Waals surface area (Å²) in [5.41, 5.74) is -0.202. The lowest BCUT2D eigenvalue weighted by molar-refractivity contribution is -0.122. The molecular weight excluding hydrogens is 1320 g/mol. The number of fused-ring (bicyclic) bond motifs is 1. The number of carbonyl (C=O) groups is 4. The number of aromatic nitrogens is 2. The third kappa shape index (κ3) is 30.0. The number of nitriles is 2. The molecule has 4 aliphatic rings. The van der Waals surface area contributed by atoms with Crippen LogP contribution in [0.25, 0.3) is 0 Å². The van der Waals surface area contributed by atoms with E-state index >= 15 is 0 Å². The van der Waals surface area contributed by atoms with Gasteiger partial charge in [0.2, 0.25) is 28.9 Å². The van der Waals surface area contributed by atoms with Crippen molar-refractivity contribution in [2.24, 2.45) is 11.8 Å². The first-order chi connectivity index (χ1) is 47.1. The van der Waals surface area contributed by atoms with E-state index in [0.717, 1.165) is 115 Å². The molecule has 1 aromatic heterocycles. The SMILES string of the molecule is [3H]OCC1OC(n2cc(C)c(NCCCCCCNC(=O)CCCCCNC(=O)CCCCCNC(=O)CCCCC3SCC4NC(=O)NC43)nc2=O)CC1OP(=O)(OCCC#N)OCC1OC([3H])CC1OP(=O)(OCCC#N)OCCCNCCC[Si]OC(C)(C(C)C)C(C)CC. The van der Waals surface area contributed by atoms with Gasteiger partial charge in [0.15, 0.2) is 0 Å². The Kier molecular flexibility index (Phi) is 37.7. The van der Waals surface area contributed by atoms with Crippen molar-refractivity contribution in [3.63, 3.8) is 0 Å². The van der Waals surface area contributed by atoms with Crippen LogP contribution in [0.2, 0.25) is 6.04 Å². The summed E-state index contributed by atoms with van der Waals surface area (Å²) in [6.07, 6.45) is 10.2. The topological polar surface area (TPSA) is 372 Å². The third-order valence-corrected chi connectivity index (χ3v) is 23.3. The zero-order valence-electron chi connectivity index (χ0n) is 59.4. The first-order valence-electron chi connectivity index (χ1n) is 35.8. The molecule has 0 saturated carbocycles. The summed E-state index contributed by atoms with van der Waals surface area (Å²) in [6.45, 7) is 13.5. The fourth-order valence-electron chi connectivity index (χ4n) is 11.3. The van der Waals surface area contributed by atoms with E-state index < -0.39 is 65.2 Å². The quantitative estimate of drug-likeness (QED) is 0.0131. The summed E-state index contributed by atoms with van der Waals surface area (Å²) < 4.78 is 98.4. The van der Waals surface area contributed by atoms with Gasteiger partial charge in [0.05, 0.1) is 77.1 Å². The Morgan fingerprint density at radius 2 is 1.41 bits per heavy atom. The fraction of sp³-hybridized carbons (Fsp3) is 0.844. The van der Waals surface area contributed by atoms with Crippen molar-refractivity contribution in [1.29, 1.82) is 12.0 Å². The highest BCUT2D eigenvalue weighted by Crippen LogP contribution is 2.55. The maximum absolute atomic E-state index is 14.5. The van der Waals surface area contributed by atoms with Crippen LogP contribution in [0.5, 0.6) is 0 Å². The number of phosphoric ester groups is 2. The van der Waals surface area contributed by atoms with E-state index in [1.165, 1.54) is 4.57 Å². The average molecular weight is 1430 g/mol. The summed E-state index contributed by atoms with van der Waals surface area (Å²) in [4.78, 5) is 66.4. The molecule has 13 atom stereocenters. The Balaban J connectivity index is 0.938. The van der Waals surface area contributed by atoms with Crippen LogP contribution in [-0.2, 0) is 64.6 Å². The van der Waals surface area contributed by atoms with Crippen molar-refractivity contribution < 1.29 is 75.8 Å². The number of nitrogens with zero attached hydrogens (tertiary/aromatic N) is 4. The number of unbranched alkanes of at least 4 members (excludes halogenated alkanes) is 8. The van der Waals surface area contributed by atoms with Crippen molar-refractivity contribution in [3.8, 4) is 12.1 Å². The summed E-state index contributed by atoms with van der Waals surface area (Å²) in [6, 6.07) is 5.08. The van der Waals surface area contributed by atoms with Gasteiger partial charge in [-0.05, 0) is 109 Å². The highest BCUT2D eigenvalue weighted by atomic mass is 32.2. The van der Waals surface area contributed by atoms with E-state index in [-0.39, 0.29) is 93.5 Å². The zero-order valence-corrected chi connectivity index (χ0v) is 61.0. The smallest absolute Gasteiger partial charge is 0.412 e. The average Bonchev–Trinajstić information content (AvgIpc) is 1.64. The van der Waals surface area contributed by atoms with Crippen LogP contribution in [0.3, 0.4) is 0 Å². The van der Waals surface area contributed by atoms with E-state index in [1.807, 2.05) is 23.9 Å². The van der Waals surface area contributed by atoms with Crippen molar-refractivity contribution >= 4 is 66.7 Å². The van der Waals surface area contributed by atoms with Gasteiger partial charge in [-0.2, -0.15) is 27.3 Å². The molecule has 4 fully saturated rings. The first kappa shape index (κ1) is 79.3. The second kappa shape index (κ2) is 45.6. The molecule has 5 rings (SSSR count). The van der Waals surface area contributed by atoms with E-state index in [4.69, 9.17) is 43.8 Å². The molecule has 4 saturated heterocycles. The molecular formula is C64H111N11O17P2SSi.